The van der Waals surface area contributed by atoms with Crippen molar-refractivity contribution in [1.82, 2.24) is 10.4 Å². The number of para-hydroxylation sites is 2. The van der Waals surface area contributed by atoms with Crippen molar-refractivity contribution in [3.05, 3.63) is 65.2 Å². The van der Waals surface area contributed by atoms with Crippen LogP contribution in [0.25, 0.3) is 11.1 Å². The Morgan fingerprint density at radius 1 is 1.37 bits per heavy atom. The number of carbonyl (C=O) groups is 1. The molecule has 0 saturated carbocycles. The van der Waals surface area contributed by atoms with Crippen molar-refractivity contribution in [3.8, 4) is 5.75 Å². The number of oxazole rings is 1. The van der Waals surface area contributed by atoms with E-state index in [0.29, 0.717) is 23.2 Å². The second-order valence-corrected chi connectivity index (χ2v) is 7.15. The van der Waals surface area contributed by atoms with Crippen LogP contribution in [0.2, 0.25) is 0 Å². The highest BCUT2D eigenvalue weighted by Gasteiger charge is 2.08. The second kappa shape index (κ2) is 9.38. The smallest absolute Gasteiger partial charge is 0.257 e. The van der Waals surface area contributed by atoms with E-state index in [1.165, 1.54) is 18.0 Å². The molecule has 8 heteroatoms. The number of hydrazone groups is 1. The van der Waals surface area contributed by atoms with E-state index >= 15 is 0 Å². The van der Waals surface area contributed by atoms with Crippen molar-refractivity contribution in [2.75, 3.05) is 12.4 Å². The van der Waals surface area contributed by atoms with Crippen LogP contribution in [0.3, 0.4) is 0 Å². The van der Waals surface area contributed by atoms with Gasteiger partial charge in [-0.1, -0.05) is 52.5 Å². The third-order valence-electron chi connectivity index (χ3n) is 3.32. The van der Waals surface area contributed by atoms with E-state index in [4.69, 9.17) is 9.15 Å². The van der Waals surface area contributed by atoms with E-state index in [9.17, 15) is 4.79 Å². The molecule has 0 unspecified atom stereocenters. The first-order chi connectivity index (χ1) is 13.2. The summed E-state index contributed by atoms with van der Waals surface area (Å²) in [7, 11) is 0. The number of aromatic nitrogens is 1. The number of ether oxygens (including phenoxy) is 1. The van der Waals surface area contributed by atoms with Crippen molar-refractivity contribution in [2.45, 2.75) is 5.22 Å². The molecule has 1 heterocycles. The van der Waals surface area contributed by atoms with Gasteiger partial charge in [-0.25, -0.2) is 10.4 Å². The van der Waals surface area contributed by atoms with Gasteiger partial charge in [0.2, 0.25) is 0 Å². The molecular weight excluding hydrogens is 430 g/mol. The fourth-order valence-corrected chi connectivity index (χ4v) is 3.16. The Balaban J connectivity index is 1.55. The zero-order chi connectivity index (χ0) is 19.1. The molecule has 1 N–H and O–H groups in total. The fourth-order valence-electron chi connectivity index (χ4n) is 2.15. The molecule has 3 rings (SSSR count). The minimum atomic E-state index is -0.262. The Kier molecular flexibility index (Phi) is 6.67. The summed E-state index contributed by atoms with van der Waals surface area (Å²) < 4.78 is 12.0. The lowest BCUT2D eigenvalue weighted by molar-refractivity contribution is -0.118. The molecule has 1 amide bonds. The summed E-state index contributed by atoms with van der Waals surface area (Å²) in [6.45, 7) is 4.01. The van der Waals surface area contributed by atoms with E-state index in [1.807, 2.05) is 42.5 Å². The molecule has 0 bridgehead atoms. The highest BCUT2D eigenvalue weighted by molar-refractivity contribution is 9.10. The summed E-state index contributed by atoms with van der Waals surface area (Å²) in [6.07, 6.45) is 3.19. The number of benzene rings is 2. The minimum absolute atomic E-state index is 0.141. The number of hydrogen-bond donors (Lipinski definition) is 1. The van der Waals surface area contributed by atoms with Gasteiger partial charge in [0.05, 0.1) is 12.0 Å². The monoisotopic (exact) mass is 445 g/mol. The zero-order valence-electron chi connectivity index (χ0n) is 14.2. The first-order valence-electron chi connectivity index (χ1n) is 7.99. The van der Waals surface area contributed by atoms with Crippen LogP contribution in [0.1, 0.15) is 5.56 Å². The summed E-state index contributed by atoms with van der Waals surface area (Å²) >= 11 is 4.62. The van der Waals surface area contributed by atoms with Gasteiger partial charge in [-0.3, -0.25) is 4.79 Å². The molecule has 1 aromatic heterocycles. The first-order valence-corrected chi connectivity index (χ1v) is 9.77. The average molecular weight is 446 g/mol. The molecular formula is C19H16BrN3O3S. The summed E-state index contributed by atoms with van der Waals surface area (Å²) in [5.41, 5.74) is 4.68. The summed E-state index contributed by atoms with van der Waals surface area (Å²) in [4.78, 5) is 16.3. The Morgan fingerprint density at radius 3 is 3.04 bits per heavy atom. The predicted octanol–water partition coefficient (Wildman–Crippen LogP) is 4.40. The Labute approximate surface area is 168 Å². The van der Waals surface area contributed by atoms with Crippen molar-refractivity contribution in [1.29, 1.82) is 0 Å². The Morgan fingerprint density at radius 2 is 2.22 bits per heavy atom. The number of fused-ring (bicyclic) bond motifs is 1. The van der Waals surface area contributed by atoms with Gasteiger partial charge >= 0.3 is 0 Å². The van der Waals surface area contributed by atoms with E-state index in [1.54, 1.807) is 6.08 Å². The van der Waals surface area contributed by atoms with Crippen molar-refractivity contribution < 1.29 is 13.9 Å². The number of nitrogens with zero attached hydrogens (tertiary/aromatic N) is 2. The van der Waals surface area contributed by atoms with Crippen molar-refractivity contribution in [2.24, 2.45) is 5.10 Å². The number of nitrogens with one attached hydrogen (secondary N) is 1. The van der Waals surface area contributed by atoms with Gasteiger partial charge in [0, 0.05) is 10.0 Å². The largest absolute Gasteiger partial charge is 0.489 e. The van der Waals surface area contributed by atoms with Crippen LogP contribution in [0.5, 0.6) is 5.75 Å². The topological polar surface area (TPSA) is 76.7 Å². The van der Waals surface area contributed by atoms with Crippen molar-refractivity contribution >= 4 is 50.9 Å². The maximum atomic E-state index is 12.0. The standard InChI is InChI=1S/C19H16BrN3O3S/c1-2-9-25-16-8-7-14(20)10-13(16)11-21-23-18(24)12-27-19-22-15-5-3-4-6-17(15)26-19/h2-8,10-11H,1,9,12H2,(H,23,24)/b21-11-. The van der Waals surface area contributed by atoms with Crippen LogP contribution in [-0.4, -0.2) is 29.5 Å². The zero-order valence-corrected chi connectivity index (χ0v) is 16.6. The van der Waals surface area contributed by atoms with Crippen LogP contribution in [0.4, 0.5) is 0 Å². The predicted molar refractivity (Wildman–Crippen MR) is 110 cm³/mol. The lowest BCUT2D eigenvalue weighted by Crippen LogP contribution is -2.19. The molecule has 0 aliphatic carbocycles. The maximum absolute atomic E-state index is 12.0. The third-order valence-corrected chi connectivity index (χ3v) is 4.64. The van der Waals surface area contributed by atoms with Gasteiger partial charge < -0.3 is 9.15 Å². The summed E-state index contributed by atoms with van der Waals surface area (Å²) in [5, 5.41) is 4.44. The van der Waals surface area contributed by atoms with Crippen LogP contribution in [-0.2, 0) is 4.79 Å². The quantitative estimate of drug-likeness (QED) is 0.240. The summed E-state index contributed by atoms with van der Waals surface area (Å²) in [5.74, 6) is 0.529. The number of thioether (sulfide) groups is 1. The number of rotatable bonds is 8. The molecule has 0 aliphatic heterocycles. The van der Waals surface area contributed by atoms with E-state index in [-0.39, 0.29) is 11.7 Å². The van der Waals surface area contributed by atoms with E-state index in [0.717, 1.165) is 15.6 Å². The number of hydrogen-bond acceptors (Lipinski definition) is 6. The van der Waals surface area contributed by atoms with Gasteiger partial charge in [-0.05, 0) is 30.3 Å². The molecule has 0 atom stereocenters. The third kappa shape index (κ3) is 5.45. The van der Waals surface area contributed by atoms with Gasteiger partial charge in [0.1, 0.15) is 17.9 Å². The van der Waals surface area contributed by atoms with Crippen LogP contribution in [0, 0.1) is 0 Å². The molecule has 6 nitrogen and oxygen atoms in total. The molecule has 0 fully saturated rings. The first kappa shape index (κ1) is 19.2. The minimum Gasteiger partial charge on any atom is -0.489 e. The van der Waals surface area contributed by atoms with Crippen LogP contribution < -0.4 is 10.2 Å². The van der Waals surface area contributed by atoms with Gasteiger partial charge in [-0.2, -0.15) is 5.10 Å². The molecule has 0 radical (unpaired) electrons. The number of halogens is 1. The lowest BCUT2D eigenvalue weighted by atomic mass is 10.2. The van der Waals surface area contributed by atoms with Crippen LogP contribution >= 0.6 is 27.7 Å². The molecule has 27 heavy (non-hydrogen) atoms. The highest BCUT2D eigenvalue weighted by Crippen LogP contribution is 2.23. The number of amides is 1. The SMILES string of the molecule is C=CCOc1ccc(Br)cc1/C=N\NC(=O)CSc1nc2ccccc2o1. The van der Waals surface area contributed by atoms with E-state index in [2.05, 4.69) is 38.0 Å². The van der Waals surface area contributed by atoms with Gasteiger partial charge in [0.15, 0.2) is 5.58 Å². The molecule has 0 aliphatic rings. The lowest BCUT2D eigenvalue weighted by Gasteiger charge is -2.07. The van der Waals surface area contributed by atoms with Crippen molar-refractivity contribution in [3.63, 3.8) is 0 Å². The molecule has 3 aromatic rings. The van der Waals surface area contributed by atoms with Crippen LogP contribution in [0.15, 0.2) is 74.3 Å². The average Bonchev–Trinajstić information content (AvgIpc) is 3.09. The number of carbonyl (C=O) groups excluding carboxylic acids is 1. The Bertz CT molecular complexity index is 954. The highest BCUT2D eigenvalue weighted by atomic mass is 79.9. The summed E-state index contributed by atoms with van der Waals surface area (Å²) in [6, 6.07) is 13.0. The molecule has 0 spiro atoms. The van der Waals surface area contributed by atoms with Gasteiger partial charge in [-0.15, -0.1) is 0 Å². The molecule has 138 valence electrons. The second-order valence-electron chi connectivity index (χ2n) is 5.31. The fraction of sp³-hybridized carbons (Fsp3) is 0.105. The van der Waals surface area contributed by atoms with E-state index < -0.39 is 0 Å². The molecule has 0 saturated heterocycles. The Hall–Kier alpha value is -2.58. The normalized spacial score (nSPS) is 11.0. The van der Waals surface area contributed by atoms with Gasteiger partial charge in [0.25, 0.3) is 11.1 Å². The maximum Gasteiger partial charge on any atom is 0.257 e. The molecule has 2 aromatic carbocycles.